The number of halogens is 1. The minimum absolute atomic E-state index is 0.00539. The van der Waals surface area contributed by atoms with E-state index in [9.17, 15) is 4.79 Å². The summed E-state index contributed by atoms with van der Waals surface area (Å²) in [5.41, 5.74) is 9.56. The van der Waals surface area contributed by atoms with Crippen LogP contribution in [0.3, 0.4) is 0 Å². The van der Waals surface area contributed by atoms with Gasteiger partial charge in [-0.3, -0.25) is 9.20 Å². The van der Waals surface area contributed by atoms with Gasteiger partial charge < -0.3 is 15.4 Å². The Labute approximate surface area is 219 Å². The van der Waals surface area contributed by atoms with Crippen LogP contribution in [0.2, 0.25) is 0 Å². The van der Waals surface area contributed by atoms with Gasteiger partial charge in [0, 0.05) is 43.0 Å². The number of amides is 1. The SMILES string of the molecule is CC#CC(=O)N1CCCC(c2nc(-c3ccc(Oc4cc(C5CC5)ccn4)c(F)c3)n3c(N)nccc23)C1. The lowest BCUT2D eigenvalue weighted by Crippen LogP contribution is -2.38. The fourth-order valence-corrected chi connectivity index (χ4v) is 5.14. The van der Waals surface area contributed by atoms with Gasteiger partial charge in [0.2, 0.25) is 11.8 Å². The summed E-state index contributed by atoms with van der Waals surface area (Å²) < 4.78 is 22.8. The number of ether oxygens (including phenoxy) is 1. The molecule has 1 amide bonds. The Bertz CT molecular complexity index is 1600. The van der Waals surface area contributed by atoms with Crippen molar-refractivity contribution in [3.8, 4) is 34.9 Å². The number of nitrogens with zero attached hydrogens (tertiary/aromatic N) is 5. The molecule has 38 heavy (non-hydrogen) atoms. The first-order valence-electron chi connectivity index (χ1n) is 12.8. The Morgan fingerprint density at radius 3 is 2.74 bits per heavy atom. The molecule has 192 valence electrons. The predicted molar refractivity (Wildman–Crippen MR) is 141 cm³/mol. The Hall–Kier alpha value is -4.45. The molecule has 1 aromatic carbocycles. The molecule has 0 radical (unpaired) electrons. The zero-order valence-corrected chi connectivity index (χ0v) is 21.0. The van der Waals surface area contributed by atoms with E-state index in [2.05, 4.69) is 21.8 Å². The molecule has 1 saturated heterocycles. The number of nitrogens with two attached hydrogens (primary N) is 1. The maximum Gasteiger partial charge on any atom is 0.298 e. The highest BCUT2D eigenvalue weighted by Gasteiger charge is 2.29. The number of rotatable bonds is 5. The minimum atomic E-state index is -0.533. The van der Waals surface area contributed by atoms with Gasteiger partial charge in [0.25, 0.3) is 5.91 Å². The standard InChI is InChI=1S/C29H27FN6O2/c1-2-4-26(37)35-14-3-5-21(17-35)27-23-11-13-33-29(31)36(23)28(34-27)20-8-9-24(22(30)15-20)38-25-16-19(10-12-32-25)18-6-7-18/h8-13,15-16,18,21H,3,5-7,14,17H2,1H3,(H2,31,33). The molecular weight excluding hydrogens is 483 g/mol. The normalized spacial score (nSPS) is 17.2. The highest BCUT2D eigenvalue weighted by Crippen LogP contribution is 2.41. The van der Waals surface area contributed by atoms with Crippen molar-refractivity contribution in [1.82, 2.24) is 24.3 Å². The Morgan fingerprint density at radius 1 is 1.11 bits per heavy atom. The van der Waals surface area contributed by atoms with Crippen molar-refractivity contribution in [1.29, 1.82) is 0 Å². The molecule has 8 nitrogen and oxygen atoms in total. The lowest BCUT2D eigenvalue weighted by Gasteiger charge is -2.30. The Balaban J connectivity index is 1.33. The third kappa shape index (κ3) is 4.54. The van der Waals surface area contributed by atoms with Crippen molar-refractivity contribution in [2.75, 3.05) is 18.8 Å². The smallest absolute Gasteiger partial charge is 0.298 e. The molecule has 2 fully saturated rings. The molecule has 1 saturated carbocycles. The number of benzene rings is 1. The molecule has 6 rings (SSSR count). The van der Waals surface area contributed by atoms with Crippen molar-refractivity contribution in [3.05, 3.63) is 65.9 Å². The van der Waals surface area contributed by atoms with Crippen molar-refractivity contribution in [2.45, 2.75) is 44.4 Å². The summed E-state index contributed by atoms with van der Waals surface area (Å²) in [5, 5.41) is 0. The molecule has 1 atom stereocenters. The van der Waals surface area contributed by atoms with Gasteiger partial charge in [-0.1, -0.05) is 5.92 Å². The molecule has 1 aliphatic carbocycles. The first-order chi connectivity index (χ1) is 18.5. The maximum atomic E-state index is 15.3. The molecule has 3 aromatic heterocycles. The van der Waals surface area contributed by atoms with E-state index >= 15 is 4.39 Å². The topological polar surface area (TPSA) is 98.6 Å². The van der Waals surface area contributed by atoms with E-state index in [0.29, 0.717) is 36.3 Å². The summed E-state index contributed by atoms with van der Waals surface area (Å²) in [6.45, 7) is 2.83. The largest absolute Gasteiger partial charge is 0.436 e. The van der Waals surface area contributed by atoms with Gasteiger partial charge in [0.1, 0.15) is 5.82 Å². The highest BCUT2D eigenvalue weighted by atomic mass is 19.1. The van der Waals surface area contributed by atoms with Crippen molar-refractivity contribution in [2.24, 2.45) is 0 Å². The Kier molecular flexibility index (Phi) is 6.16. The highest BCUT2D eigenvalue weighted by molar-refractivity contribution is 5.93. The lowest BCUT2D eigenvalue weighted by atomic mass is 9.94. The average Bonchev–Trinajstić information content (AvgIpc) is 3.71. The lowest BCUT2D eigenvalue weighted by molar-refractivity contribution is -0.126. The number of anilines is 1. The van der Waals surface area contributed by atoms with Crippen LogP contribution in [0.5, 0.6) is 11.6 Å². The number of hydrogen-bond donors (Lipinski definition) is 1. The number of aromatic nitrogens is 4. The summed E-state index contributed by atoms with van der Waals surface area (Å²) in [6.07, 6.45) is 7.35. The number of carbonyl (C=O) groups excluding carboxylic acids is 1. The molecule has 0 spiro atoms. The summed E-state index contributed by atoms with van der Waals surface area (Å²) in [6, 6.07) is 10.4. The predicted octanol–water partition coefficient (Wildman–Crippen LogP) is 4.91. The molecule has 4 aromatic rings. The van der Waals surface area contributed by atoms with Gasteiger partial charge in [-0.05, 0) is 80.3 Å². The molecule has 1 unspecified atom stereocenters. The molecule has 1 aliphatic heterocycles. The average molecular weight is 511 g/mol. The van der Waals surface area contributed by atoms with Crippen LogP contribution in [0.1, 0.15) is 55.7 Å². The number of likely N-dealkylation sites (tertiary alicyclic amines) is 1. The van der Waals surface area contributed by atoms with E-state index in [1.807, 2.05) is 18.2 Å². The number of hydrogen-bond acceptors (Lipinski definition) is 6. The van der Waals surface area contributed by atoms with E-state index < -0.39 is 5.82 Å². The van der Waals surface area contributed by atoms with Crippen LogP contribution in [0.25, 0.3) is 16.9 Å². The number of piperidine rings is 1. The van der Waals surface area contributed by atoms with Crippen molar-refractivity contribution >= 4 is 17.4 Å². The second kappa shape index (κ2) is 9.78. The molecule has 2 aliphatic rings. The summed E-state index contributed by atoms with van der Waals surface area (Å²) in [7, 11) is 0. The van der Waals surface area contributed by atoms with Crippen molar-refractivity contribution < 1.29 is 13.9 Å². The van der Waals surface area contributed by atoms with Crippen LogP contribution in [0, 0.1) is 17.7 Å². The summed E-state index contributed by atoms with van der Waals surface area (Å²) in [5.74, 6) is 6.32. The van der Waals surface area contributed by atoms with Gasteiger partial charge in [0.05, 0.1) is 11.2 Å². The number of fused-ring (bicyclic) bond motifs is 1. The fraction of sp³-hybridized carbons (Fsp3) is 0.310. The number of pyridine rings is 1. The zero-order valence-electron chi connectivity index (χ0n) is 21.0. The van der Waals surface area contributed by atoms with Crippen LogP contribution in [-0.4, -0.2) is 43.2 Å². The second-order valence-corrected chi connectivity index (χ2v) is 9.76. The number of carbonyl (C=O) groups is 1. The first kappa shape index (κ1) is 23.9. The van der Waals surface area contributed by atoms with Crippen molar-refractivity contribution in [3.63, 3.8) is 0 Å². The quantitative estimate of drug-likeness (QED) is 0.383. The Morgan fingerprint density at radius 2 is 1.95 bits per heavy atom. The third-order valence-corrected chi connectivity index (χ3v) is 7.15. The van der Waals surface area contributed by atoms with Crippen LogP contribution < -0.4 is 10.5 Å². The number of imidazole rings is 1. The van der Waals surface area contributed by atoms with Crippen LogP contribution in [0.4, 0.5) is 10.3 Å². The van der Waals surface area contributed by atoms with Gasteiger partial charge in [-0.2, -0.15) is 0 Å². The second-order valence-electron chi connectivity index (χ2n) is 9.76. The van der Waals surface area contributed by atoms with Gasteiger partial charge >= 0.3 is 0 Å². The van der Waals surface area contributed by atoms with E-state index in [0.717, 1.165) is 42.5 Å². The molecular formula is C29H27FN6O2. The van der Waals surface area contributed by atoms with Gasteiger partial charge in [-0.15, -0.1) is 0 Å². The molecule has 4 heterocycles. The third-order valence-electron chi connectivity index (χ3n) is 7.15. The van der Waals surface area contributed by atoms with Crippen LogP contribution in [0.15, 0.2) is 48.8 Å². The minimum Gasteiger partial charge on any atom is -0.436 e. The van der Waals surface area contributed by atoms with Gasteiger partial charge in [-0.25, -0.2) is 19.3 Å². The van der Waals surface area contributed by atoms with E-state index in [4.69, 9.17) is 15.5 Å². The number of nitrogen functional groups attached to an aromatic ring is 1. The summed E-state index contributed by atoms with van der Waals surface area (Å²) >= 11 is 0. The molecule has 2 N–H and O–H groups in total. The monoisotopic (exact) mass is 510 g/mol. The van der Waals surface area contributed by atoms with E-state index in [1.54, 1.807) is 40.8 Å². The fourth-order valence-electron chi connectivity index (χ4n) is 5.14. The molecule has 0 bridgehead atoms. The van der Waals surface area contributed by atoms with Crippen LogP contribution >= 0.6 is 0 Å². The maximum absolute atomic E-state index is 15.3. The first-order valence-corrected chi connectivity index (χ1v) is 12.8. The van der Waals surface area contributed by atoms with Crippen LogP contribution in [-0.2, 0) is 4.79 Å². The zero-order chi connectivity index (χ0) is 26.2. The summed E-state index contributed by atoms with van der Waals surface area (Å²) in [4.78, 5) is 27.6. The van der Waals surface area contributed by atoms with E-state index in [-0.39, 0.29) is 23.5 Å². The van der Waals surface area contributed by atoms with Gasteiger partial charge in [0.15, 0.2) is 11.6 Å². The molecule has 9 heteroatoms. The van der Waals surface area contributed by atoms with E-state index in [1.165, 1.54) is 6.07 Å².